The van der Waals surface area contributed by atoms with Gasteiger partial charge in [-0.3, -0.25) is 0 Å². The Hall–Kier alpha value is -0.930. The molecule has 1 N–H and O–H groups in total. The van der Waals surface area contributed by atoms with Gasteiger partial charge in [-0.2, -0.15) is 0 Å². The van der Waals surface area contributed by atoms with Crippen molar-refractivity contribution in [3.8, 4) is 5.75 Å². The van der Waals surface area contributed by atoms with E-state index in [9.17, 15) is 4.79 Å². The first-order valence-corrected chi connectivity index (χ1v) is 4.79. The van der Waals surface area contributed by atoms with Crippen LogP contribution in [0, 0.1) is 0 Å². The summed E-state index contributed by atoms with van der Waals surface area (Å²) in [5.74, 6) is 0.296. The molecule has 0 aliphatic rings. The van der Waals surface area contributed by atoms with Gasteiger partial charge in [0.2, 0.25) is 0 Å². The molecule has 0 fully saturated rings. The minimum atomic E-state index is -0.933. The first-order chi connectivity index (χ1) is 6.74. The van der Waals surface area contributed by atoms with Crippen molar-refractivity contribution in [1.82, 2.24) is 0 Å². The van der Waals surface area contributed by atoms with Crippen molar-refractivity contribution in [3.63, 3.8) is 0 Å². The number of alkyl halides is 1. The Kier molecular flexibility index (Phi) is 6.92. The van der Waals surface area contributed by atoms with Crippen molar-refractivity contribution in [2.24, 2.45) is 0 Å². The number of carbonyl (C=O) groups is 1. The highest BCUT2D eigenvalue weighted by molar-refractivity contribution is 6.17. The van der Waals surface area contributed by atoms with Gasteiger partial charge in [-0.05, 0) is 30.7 Å². The van der Waals surface area contributed by atoms with E-state index in [1.54, 1.807) is 12.1 Å². The van der Waals surface area contributed by atoms with Crippen LogP contribution in [0.2, 0.25) is 0 Å². The van der Waals surface area contributed by atoms with E-state index < -0.39 is 5.97 Å². The summed E-state index contributed by atoms with van der Waals surface area (Å²) in [4.78, 5) is 10.5. The molecule has 1 aromatic rings. The van der Waals surface area contributed by atoms with Crippen LogP contribution < -0.4 is 4.74 Å². The van der Waals surface area contributed by atoms with Crippen molar-refractivity contribution < 1.29 is 14.6 Å². The predicted molar refractivity (Wildman–Crippen MR) is 61.5 cm³/mol. The maximum Gasteiger partial charge on any atom is 0.335 e. The van der Waals surface area contributed by atoms with Gasteiger partial charge in [-0.15, -0.1) is 24.0 Å². The average molecular weight is 251 g/mol. The first-order valence-electron chi connectivity index (χ1n) is 4.26. The van der Waals surface area contributed by atoms with Crippen LogP contribution in [0.25, 0.3) is 0 Å². The number of carboxylic acid groups (broad SMARTS) is 1. The Bertz CT molecular complexity index is 298. The summed E-state index contributed by atoms with van der Waals surface area (Å²) in [6.45, 7) is 0.552. The van der Waals surface area contributed by atoms with Gasteiger partial charge in [0, 0.05) is 5.88 Å². The molecule has 3 nitrogen and oxygen atoms in total. The lowest BCUT2D eigenvalue weighted by Crippen LogP contribution is -1.99. The zero-order valence-electron chi connectivity index (χ0n) is 7.98. The minimum absolute atomic E-state index is 0. The highest BCUT2D eigenvalue weighted by Crippen LogP contribution is 2.12. The van der Waals surface area contributed by atoms with Crippen LogP contribution in [0.5, 0.6) is 5.75 Å². The molecule has 0 amide bonds. The Morgan fingerprint density at radius 2 is 1.93 bits per heavy atom. The van der Waals surface area contributed by atoms with Crippen molar-refractivity contribution >= 4 is 30.0 Å². The van der Waals surface area contributed by atoms with Gasteiger partial charge in [0.15, 0.2) is 0 Å². The van der Waals surface area contributed by atoms with E-state index in [4.69, 9.17) is 21.4 Å². The lowest BCUT2D eigenvalue weighted by Gasteiger charge is -2.04. The Balaban J connectivity index is 0.00000196. The van der Waals surface area contributed by atoms with Crippen LogP contribution in [0.4, 0.5) is 0 Å². The Morgan fingerprint density at radius 3 is 2.40 bits per heavy atom. The molecule has 1 aromatic carbocycles. The molecule has 1 rings (SSSR count). The highest BCUT2D eigenvalue weighted by Gasteiger charge is 2.01. The Labute approximate surface area is 99.4 Å². The van der Waals surface area contributed by atoms with Crippen molar-refractivity contribution in [2.45, 2.75) is 6.42 Å². The molecule has 0 saturated carbocycles. The quantitative estimate of drug-likeness (QED) is 0.646. The molecule has 0 atom stereocenters. The van der Waals surface area contributed by atoms with Crippen molar-refractivity contribution in [2.75, 3.05) is 12.5 Å². The summed E-state index contributed by atoms with van der Waals surface area (Å²) in [6.07, 6.45) is 0.780. The van der Waals surface area contributed by atoms with Gasteiger partial charge < -0.3 is 9.84 Å². The largest absolute Gasteiger partial charge is 0.494 e. The third-order valence-corrected chi connectivity index (χ3v) is 1.92. The van der Waals surface area contributed by atoms with Crippen molar-refractivity contribution in [1.29, 1.82) is 0 Å². The first kappa shape index (κ1) is 14.1. The van der Waals surface area contributed by atoms with E-state index in [-0.39, 0.29) is 18.0 Å². The molecule has 0 radical (unpaired) electrons. The van der Waals surface area contributed by atoms with Gasteiger partial charge in [-0.25, -0.2) is 4.79 Å². The summed E-state index contributed by atoms with van der Waals surface area (Å²) in [5, 5.41) is 8.63. The van der Waals surface area contributed by atoms with Gasteiger partial charge in [0.1, 0.15) is 5.75 Å². The number of hydrogen-bond donors (Lipinski definition) is 1. The number of rotatable bonds is 5. The maximum atomic E-state index is 10.5. The third kappa shape index (κ3) is 4.91. The zero-order chi connectivity index (χ0) is 10.4. The summed E-state index contributed by atoms with van der Waals surface area (Å²) < 4.78 is 5.30. The smallest absolute Gasteiger partial charge is 0.335 e. The topological polar surface area (TPSA) is 46.5 Å². The van der Waals surface area contributed by atoms with Gasteiger partial charge in [0.05, 0.1) is 12.2 Å². The SMILES string of the molecule is Cl.O=C(O)c1ccc(OCCCCl)cc1. The van der Waals surface area contributed by atoms with E-state index >= 15 is 0 Å². The molecule has 0 aliphatic heterocycles. The molecule has 0 saturated heterocycles. The monoisotopic (exact) mass is 250 g/mol. The van der Waals surface area contributed by atoms with E-state index in [1.165, 1.54) is 12.1 Å². The second kappa shape index (κ2) is 7.37. The molecule has 84 valence electrons. The summed E-state index contributed by atoms with van der Waals surface area (Å²) in [7, 11) is 0. The fraction of sp³-hybridized carbons (Fsp3) is 0.300. The van der Waals surface area contributed by atoms with Crippen molar-refractivity contribution in [3.05, 3.63) is 29.8 Å². The predicted octanol–water partition coefficient (Wildman–Crippen LogP) is 2.81. The molecular formula is C10H12Cl2O3. The number of carboxylic acids is 1. The lowest BCUT2D eigenvalue weighted by molar-refractivity contribution is 0.0697. The lowest BCUT2D eigenvalue weighted by atomic mass is 10.2. The normalized spacial score (nSPS) is 9.13. The second-order valence-electron chi connectivity index (χ2n) is 2.72. The molecule has 5 heteroatoms. The molecule has 0 unspecified atom stereocenters. The van der Waals surface area contributed by atoms with E-state index in [0.29, 0.717) is 18.2 Å². The van der Waals surface area contributed by atoms with Gasteiger partial charge in [0.25, 0.3) is 0 Å². The van der Waals surface area contributed by atoms with E-state index in [1.807, 2.05) is 0 Å². The summed E-state index contributed by atoms with van der Waals surface area (Å²) in [6, 6.07) is 6.30. The molecule has 0 spiro atoms. The minimum Gasteiger partial charge on any atom is -0.494 e. The maximum absolute atomic E-state index is 10.5. The Morgan fingerprint density at radius 1 is 1.33 bits per heavy atom. The zero-order valence-corrected chi connectivity index (χ0v) is 9.55. The molecule has 0 heterocycles. The number of hydrogen-bond acceptors (Lipinski definition) is 2. The van der Waals surface area contributed by atoms with Crippen LogP contribution in [0.1, 0.15) is 16.8 Å². The molecule has 0 aliphatic carbocycles. The van der Waals surface area contributed by atoms with Crippen LogP contribution in [0.15, 0.2) is 24.3 Å². The van der Waals surface area contributed by atoms with Gasteiger partial charge >= 0.3 is 5.97 Å². The van der Waals surface area contributed by atoms with Crippen LogP contribution in [-0.4, -0.2) is 23.6 Å². The van der Waals surface area contributed by atoms with Gasteiger partial charge in [-0.1, -0.05) is 0 Å². The number of ether oxygens (including phenoxy) is 1. The van der Waals surface area contributed by atoms with Crippen LogP contribution in [0.3, 0.4) is 0 Å². The van der Waals surface area contributed by atoms with Crippen LogP contribution in [-0.2, 0) is 0 Å². The molecular weight excluding hydrogens is 239 g/mol. The van der Waals surface area contributed by atoms with E-state index in [0.717, 1.165) is 6.42 Å². The highest BCUT2D eigenvalue weighted by atomic mass is 35.5. The summed E-state index contributed by atoms with van der Waals surface area (Å²) >= 11 is 5.48. The fourth-order valence-electron chi connectivity index (χ4n) is 0.938. The molecule has 0 aromatic heterocycles. The molecule has 0 bridgehead atoms. The summed E-state index contributed by atoms with van der Waals surface area (Å²) in [5.41, 5.74) is 0.259. The standard InChI is InChI=1S/C10H11ClO3.ClH/c11-6-1-7-14-9-4-2-8(3-5-9)10(12)13;/h2-5H,1,6-7H2,(H,12,13);1H. The number of aromatic carboxylic acids is 1. The fourth-order valence-corrected chi connectivity index (χ4v) is 1.05. The molecule has 15 heavy (non-hydrogen) atoms. The van der Waals surface area contributed by atoms with Crippen LogP contribution >= 0.6 is 24.0 Å². The second-order valence-corrected chi connectivity index (χ2v) is 3.10. The third-order valence-electron chi connectivity index (χ3n) is 1.65. The van der Waals surface area contributed by atoms with E-state index in [2.05, 4.69) is 0 Å². The number of halogens is 2. The average Bonchev–Trinajstić information content (AvgIpc) is 2.19. The number of benzene rings is 1.